The smallest absolute Gasteiger partial charge is 0.189 e. The summed E-state index contributed by atoms with van der Waals surface area (Å²) in [5, 5.41) is 0. The molecule has 0 aromatic heterocycles. The van der Waals surface area contributed by atoms with E-state index in [4.69, 9.17) is 0 Å². The van der Waals surface area contributed by atoms with Crippen LogP contribution in [0.5, 0.6) is 0 Å². The topological polar surface area (TPSA) is 23.6 Å². The van der Waals surface area contributed by atoms with E-state index in [0.717, 1.165) is 42.0 Å². The van der Waals surface area contributed by atoms with Gasteiger partial charge in [0.1, 0.15) is 5.82 Å². The Kier molecular flexibility index (Phi) is 4.63. The molecule has 2 saturated heterocycles. The van der Waals surface area contributed by atoms with Crippen LogP contribution in [0.1, 0.15) is 36.0 Å². The van der Waals surface area contributed by atoms with E-state index in [0.29, 0.717) is 0 Å². The molecule has 4 heteroatoms. The molecule has 0 atom stereocenters. The molecular formula is C17H21BrN2O. The van der Waals surface area contributed by atoms with Crippen LogP contribution in [0.15, 0.2) is 40.6 Å². The Labute approximate surface area is 134 Å². The van der Waals surface area contributed by atoms with Crippen LogP contribution in [0.3, 0.4) is 0 Å². The summed E-state index contributed by atoms with van der Waals surface area (Å²) in [6, 6.07) is 7.61. The average Bonchev–Trinajstić information content (AvgIpc) is 3.19. The van der Waals surface area contributed by atoms with Gasteiger partial charge in [-0.05, 0) is 49.9 Å². The predicted molar refractivity (Wildman–Crippen MR) is 88.2 cm³/mol. The van der Waals surface area contributed by atoms with Gasteiger partial charge in [0, 0.05) is 42.3 Å². The maximum atomic E-state index is 12.5. The van der Waals surface area contributed by atoms with Crippen LogP contribution in [0.25, 0.3) is 0 Å². The van der Waals surface area contributed by atoms with Crippen molar-refractivity contribution < 1.29 is 4.79 Å². The third-order valence-electron chi connectivity index (χ3n) is 4.25. The first-order chi connectivity index (χ1) is 10.2. The van der Waals surface area contributed by atoms with Gasteiger partial charge in [-0.3, -0.25) is 4.79 Å². The second kappa shape index (κ2) is 6.65. The van der Waals surface area contributed by atoms with Gasteiger partial charge >= 0.3 is 0 Å². The predicted octanol–water partition coefficient (Wildman–Crippen LogP) is 3.66. The van der Waals surface area contributed by atoms with E-state index in [1.54, 1.807) is 0 Å². The molecule has 3 rings (SSSR count). The summed E-state index contributed by atoms with van der Waals surface area (Å²) in [5.41, 5.74) is 0.758. The number of rotatable bonds is 4. The molecule has 0 radical (unpaired) electrons. The summed E-state index contributed by atoms with van der Waals surface area (Å²) in [5.74, 6) is 1.24. The molecule has 2 fully saturated rings. The summed E-state index contributed by atoms with van der Waals surface area (Å²) in [4.78, 5) is 17.3. The molecule has 0 N–H and O–H groups in total. The highest BCUT2D eigenvalue weighted by Crippen LogP contribution is 2.23. The molecule has 3 nitrogen and oxygen atoms in total. The highest BCUT2D eigenvalue weighted by molar-refractivity contribution is 9.10. The number of halogens is 1. The SMILES string of the molecule is O=C(C=C(N1CCCC1)N1CCCC1)c1ccc(Br)cc1. The van der Waals surface area contributed by atoms with Crippen molar-refractivity contribution >= 4 is 21.7 Å². The highest BCUT2D eigenvalue weighted by atomic mass is 79.9. The van der Waals surface area contributed by atoms with Crippen LogP contribution in [0.2, 0.25) is 0 Å². The zero-order valence-electron chi connectivity index (χ0n) is 12.2. The Morgan fingerprint density at radius 1 is 0.905 bits per heavy atom. The quantitative estimate of drug-likeness (QED) is 0.612. The molecule has 112 valence electrons. The van der Waals surface area contributed by atoms with Gasteiger partial charge in [0.05, 0.1) is 0 Å². The van der Waals surface area contributed by atoms with E-state index < -0.39 is 0 Å². The van der Waals surface area contributed by atoms with Gasteiger partial charge in [0.15, 0.2) is 5.78 Å². The number of nitrogens with zero attached hydrogens (tertiary/aromatic N) is 2. The van der Waals surface area contributed by atoms with Crippen LogP contribution < -0.4 is 0 Å². The standard InChI is InChI=1S/C17H21BrN2O/c18-15-7-5-14(6-8-15)16(21)13-17(19-9-1-2-10-19)20-11-3-4-12-20/h5-8,13H,1-4,9-12H2. The van der Waals surface area contributed by atoms with Crippen LogP contribution in [-0.2, 0) is 0 Å². The van der Waals surface area contributed by atoms with Gasteiger partial charge < -0.3 is 9.80 Å². The van der Waals surface area contributed by atoms with E-state index in [9.17, 15) is 4.79 Å². The number of likely N-dealkylation sites (tertiary alicyclic amines) is 2. The number of carbonyl (C=O) groups excluding carboxylic acids is 1. The molecular weight excluding hydrogens is 328 g/mol. The van der Waals surface area contributed by atoms with Crippen molar-refractivity contribution in [2.45, 2.75) is 25.7 Å². The largest absolute Gasteiger partial charge is 0.358 e. The third-order valence-corrected chi connectivity index (χ3v) is 4.78. The molecule has 2 aliphatic heterocycles. The summed E-state index contributed by atoms with van der Waals surface area (Å²) in [7, 11) is 0. The van der Waals surface area contributed by atoms with Gasteiger partial charge in [-0.15, -0.1) is 0 Å². The normalized spacial score (nSPS) is 18.1. The first-order valence-corrected chi connectivity index (χ1v) is 8.55. The van der Waals surface area contributed by atoms with Gasteiger partial charge in [-0.25, -0.2) is 0 Å². The zero-order chi connectivity index (χ0) is 14.7. The Hall–Kier alpha value is -1.29. The zero-order valence-corrected chi connectivity index (χ0v) is 13.8. The molecule has 1 aromatic rings. The van der Waals surface area contributed by atoms with Crippen molar-refractivity contribution in [3.63, 3.8) is 0 Å². The number of ketones is 1. The first kappa shape index (κ1) is 14.6. The van der Waals surface area contributed by atoms with Crippen molar-refractivity contribution in [3.8, 4) is 0 Å². The minimum absolute atomic E-state index is 0.108. The Balaban J connectivity index is 1.83. The highest BCUT2D eigenvalue weighted by Gasteiger charge is 2.23. The Bertz CT molecular complexity index is 508. The molecule has 2 aliphatic rings. The number of benzene rings is 1. The van der Waals surface area contributed by atoms with Crippen molar-refractivity contribution in [2.24, 2.45) is 0 Å². The van der Waals surface area contributed by atoms with Gasteiger partial charge in [-0.1, -0.05) is 15.9 Å². The minimum Gasteiger partial charge on any atom is -0.358 e. The molecule has 21 heavy (non-hydrogen) atoms. The maximum Gasteiger partial charge on any atom is 0.189 e. The second-order valence-electron chi connectivity index (χ2n) is 5.76. The van der Waals surface area contributed by atoms with Gasteiger partial charge in [0.25, 0.3) is 0 Å². The summed E-state index contributed by atoms with van der Waals surface area (Å²) >= 11 is 3.41. The van der Waals surface area contributed by atoms with Crippen molar-refractivity contribution in [3.05, 3.63) is 46.2 Å². The average molecular weight is 349 g/mol. The monoisotopic (exact) mass is 348 g/mol. The summed E-state index contributed by atoms with van der Waals surface area (Å²) in [6.45, 7) is 4.32. The Morgan fingerprint density at radius 3 is 1.86 bits per heavy atom. The maximum absolute atomic E-state index is 12.5. The molecule has 0 spiro atoms. The van der Waals surface area contributed by atoms with E-state index in [1.165, 1.54) is 25.7 Å². The molecule has 2 heterocycles. The van der Waals surface area contributed by atoms with E-state index in [1.807, 2.05) is 30.3 Å². The van der Waals surface area contributed by atoms with Gasteiger partial charge in [0.2, 0.25) is 0 Å². The fraction of sp³-hybridized carbons (Fsp3) is 0.471. The minimum atomic E-state index is 0.108. The molecule has 0 amide bonds. The summed E-state index contributed by atoms with van der Waals surface area (Å²) in [6.07, 6.45) is 6.78. The summed E-state index contributed by atoms with van der Waals surface area (Å²) < 4.78 is 1.00. The lowest BCUT2D eigenvalue weighted by Crippen LogP contribution is -2.32. The number of hydrogen-bond acceptors (Lipinski definition) is 3. The third kappa shape index (κ3) is 3.49. The lowest BCUT2D eigenvalue weighted by atomic mass is 10.1. The lowest BCUT2D eigenvalue weighted by molar-refractivity contribution is 0.103. The number of allylic oxidation sites excluding steroid dienone is 1. The van der Waals surface area contributed by atoms with Crippen LogP contribution in [-0.4, -0.2) is 41.8 Å². The molecule has 0 bridgehead atoms. The number of carbonyl (C=O) groups is 1. The molecule has 0 aliphatic carbocycles. The van der Waals surface area contributed by atoms with Gasteiger partial charge in [-0.2, -0.15) is 0 Å². The fourth-order valence-electron chi connectivity index (χ4n) is 3.09. The fourth-order valence-corrected chi connectivity index (χ4v) is 3.35. The van der Waals surface area contributed by atoms with Crippen LogP contribution in [0, 0.1) is 0 Å². The lowest BCUT2D eigenvalue weighted by Gasteiger charge is -2.30. The molecule has 0 saturated carbocycles. The van der Waals surface area contributed by atoms with Crippen molar-refractivity contribution in [2.75, 3.05) is 26.2 Å². The van der Waals surface area contributed by atoms with E-state index in [2.05, 4.69) is 25.7 Å². The van der Waals surface area contributed by atoms with Crippen LogP contribution >= 0.6 is 15.9 Å². The van der Waals surface area contributed by atoms with Crippen molar-refractivity contribution in [1.82, 2.24) is 9.80 Å². The van der Waals surface area contributed by atoms with E-state index >= 15 is 0 Å². The molecule has 0 unspecified atom stereocenters. The molecule has 1 aromatic carbocycles. The van der Waals surface area contributed by atoms with Crippen molar-refractivity contribution in [1.29, 1.82) is 0 Å². The van der Waals surface area contributed by atoms with E-state index in [-0.39, 0.29) is 5.78 Å². The number of hydrogen-bond donors (Lipinski definition) is 0. The van der Waals surface area contributed by atoms with Crippen LogP contribution in [0.4, 0.5) is 0 Å². The Morgan fingerprint density at radius 2 is 1.38 bits per heavy atom. The second-order valence-corrected chi connectivity index (χ2v) is 6.68. The first-order valence-electron chi connectivity index (χ1n) is 7.75.